The number of nitro groups is 1. The van der Waals surface area contributed by atoms with Crippen LogP contribution in [-0.4, -0.2) is 9.91 Å². The van der Waals surface area contributed by atoms with Gasteiger partial charge in [0.2, 0.25) is 0 Å². The van der Waals surface area contributed by atoms with Crippen molar-refractivity contribution >= 4 is 5.69 Å². The van der Waals surface area contributed by atoms with Crippen LogP contribution < -0.4 is 5.73 Å². The fourth-order valence-electron chi connectivity index (χ4n) is 1.17. The lowest BCUT2D eigenvalue weighted by atomic mass is 10.1. The summed E-state index contributed by atoms with van der Waals surface area (Å²) < 4.78 is 0. The molecule has 0 aliphatic heterocycles. The maximum atomic E-state index is 10.5. The molecule has 0 aromatic carbocycles. The highest BCUT2D eigenvalue weighted by molar-refractivity contribution is 5.38. The predicted octanol–water partition coefficient (Wildman–Crippen LogP) is 1.71. The van der Waals surface area contributed by atoms with Crippen LogP contribution in [0.1, 0.15) is 30.6 Å². The summed E-state index contributed by atoms with van der Waals surface area (Å²) in [6.45, 7) is 3.63. The molecule has 1 aromatic rings. The first kappa shape index (κ1) is 10.6. The molecular weight excluding hydrogens is 182 g/mol. The minimum absolute atomic E-state index is 0.0389. The van der Waals surface area contributed by atoms with Crippen molar-refractivity contribution in [3.63, 3.8) is 0 Å². The van der Waals surface area contributed by atoms with Gasteiger partial charge in [0.05, 0.1) is 10.6 Å². The highest BCUT2D eigenvalue weighted by Gasteiger charge is 2.13. The van der Waals surface area contributed by atoms with Gasteiger partial charge in [-0.1, -0.05) is 6.92 Å². The van der Waals surface area contributed by atoms with Crippen LogP contribution in [0.25, 0.3) is 0 Å². The maximum Gasteiger partial charge on any atom is 0.290 e. The van der Waals surface area contributed by atoms with E-state index < -0.39 is 4.92 Å². The van der Waals surface area contributed by atoms with E-state index in [0.29, 0.717) is 11.3 Å². The van der Waals surface area contributed by atoms with Crippen LogP contribution in [0.4, 0.5) is 5.69 Å². The molecule has 0 saturated carbocycles. The largest absolute Gasteiger partial charge is 0.323 e. The molecule has 0 aliphatic rings. The number of aryl methyl sites for hydroxylation is 1. The summed E-state index contributed by atoms with van der Waals surface area (Å²) in [6, 6.07) is 1.53. The molecule has 1 rings (SSSR count). The molecule has 5 heteroatoms. The van der Waals surface area contributed by atoms with Crippen LogP contribution in [0, 0.1) is 17.0 Å². The molecule has 0 saturated heterocycles. The normalized spacial score (nSPS) is 12.5. The lowest BCUT2D eigenvalue weighted by Crippen LogP contribution is -2.11. The van der Waals surface area contributed by atoms with E-state index in [4.69, 9.17) is 5.73 Å². The van der Waals surface area contributed by atoms with Crippen molar-refractivity contribution in [2.45, 2.75) is 26.3 Å². The molecule has 1 atom stereocenters. The molecule has 76 valence electrons. The molecule has 1 aromatic heterocycles. The average Bonchev–Trinajstić information content (AvgIpc) is 2.15. The molecule has 0 spiro atoms. The molecular formula is C9H13N3O2. The second-order valence-electron chi connectivity index (χ2n) is 3.17. The van der Waals surface area contributed by atoms with Crippen LogP contribution >= 0.6 is 0 Å². The van der Waals surface area contributed by atoms with E-state index in [9.17, 15) is 10.1 Å². The number of aromatic nitrogens is 1. The fourth-order valence-corrected chi connectivity index (χ4v) is 1.17. The second-order valence-corrected chi connectivity index (χ2v) is 3.17. The average molecular weight is 195 g/mol. The third kappa shape index (κ3) is 2.05. The Hall–Kier alpha value is -1.49. The number of rotatable bonds is 3. The number of pyridine rings is 1. The molecule has 2 N–H and O–H groups in total. The van der Waals surface area contributed by atoms with Crippen LogP contribution in [0.3, 0.4) is 0 Å². The molecule has 0 aliphatic carbocycles. The molecule has 1 heterocycles. The van der Waals surface area contributed by atoms with Gasteiger partial charge in [-0.05, 0) is 19.4 Å². The first-order valence-corrected chi connectivity index (χ1v) is 4.42. The Morgan fingerprint density at radius 3 is 2.79 bits per heavy atom. The lowest BCUT2D eigenvalue weighted by Gasteiger charge is -2.08. The van der Waals surface area contributed by atoms with Gasteiger partial charge in [-0.2, -0.15) is 0 Å². The minimum Gasteiger partial charge on any atom is -0.323 e. The zero-order valence-electron chi connectivity index (χ0n) is 8.23. The van der Waals surface area contributed by atoms with Crippen LogP contribution in [-0.2, 0) is 0 Å². The van der Waals surface area contributed by atoms with Crippen molar-refractivity contribution in [3.8, 4) is 0 Å². The molecule has 1 unspecified atom stereocenters. The van der Waals surface area contributed by atoms with Gasteiger partial charge in [0.1, 0.15) is 6.20 Å². The summed E-state index contributed by atoms with van der Waals surface area (Å²) >= 11 is 0. The zero-order valence-corrected chi connectivity index (χ0v) is 8.23. The third-order valence-electron chi connectivity index (χ3n) is 2.12. The smallest absolute Gasteiger partial charge is 0.290 e. The van der Waals surface area contributed by atoms with Crippen molar-refractivity contribution in [2.75, 3.05) is 0 Å². The van der Waals surface area contributed by atoms with Gasteiger partial charge in [0.15, 0.2) is 0 Å². The van der Waals surface area contributed by atoms with Gasteiger partial charge in [0, 0.05) is 11.6 Å². The standard InChI is InChI=1S/C9H13N3O2/c1-3-7(10)8-4-6(2)9(5-11-8)12(13)14/h4-5,7H,3,10H2,1-2H3. The molecule has 5 nitrogen and oxygen atoms in total. The number of nitrogens with two attached hydrogens (primary N) is 1. The highest BCUT2D eigenvalue weighted by atomic mass is 16.6. The number of hydrogen-bond acceptors (Lipinski definition) is 4. The monoisotopic (exact) mass is 195 g/mol. The molecule has 0 amide bonds. The Labute approximate surface area is 82.1 Å². The van der Waals surface area contributed by atoms with Crippen molar-refractivity contribution in [1.82, 2.24) is 4.98 Å². The van der Waals surface area contributed by atoms with Gasteiger partial charge in [0.25, 0.3) is 5.69 Å². The van der Waals surface area contributed by atoms with Crippen molar-refractivity contribution in [1.29, 1.82) is 0 Å². The SMILES string of the molecule is CCC(N)c1cc(C)c([N+](=O)[O-])cn1. The van der Waals surface area contributed by atoms with E-state index in [1.54, 1.807) is 13.0 Å². The Balaban J connectivity index is 3.06. The van der Waals surface area contributed by atoms with Gasteiger partial charge in [-0.25, -0.2) is 0 Å². The third-order valence-corrected chi connectivity index (χ3v) is 2.12. The van der Waals surface area contributed by atoms with E-state index in [-0.39, 0.29) is 11.7 Å². The summed E-state index contributed by atoms with van der Waals surface area (Å²) in [4.78, 5) is 14.0. The van der Waals surface area contributed by atoms with E-state index in [0.717, 1.165) is 6.42 Å². The topological polar surface area (TPSA) is 82.0 Å². The quantitative estimate of drug-likeness (QED) is 0.588. The predicted molar refractivity (Wildman–Crippen MR) is 52.8 cm³/mol. The zero-order chi connectivity index (χ0) is 10.7. The van der Waals surface area contributed by atoms with Crippen LogP contribution in [0.2, 0.25) is 0 Å². The summed E-state index contributed by atoms with van der Waals surface area (Å²) in [5.74, 6) is 0. The summed E-state index contributed by atoms with van der Waals surface area (Å²) in [7, 11) is 0. The first-order chi connectivity index (χ1) is 6.56. The van der Waals surface area contributed by atoms with E-state index in [1.165, 1.54) is 6.20 Å². The van der Waals surface area contributed by atoms with E-state index in [1.807, 2.05) is 6.92 Å². The summed E-state index contributed by atoms with van der Waals surface area (Å²) in [6.07, 6.45) is 2.03. The van der Waals surface area contributed by atoms with Crippen LogP contribution in [0.5, 0.6) is 0 Å². The van der Waals surface area contributed by atoms with Crippen LogP contribution in [0.15, 0.2) is 12.3 Å². The molecule has 0 bridgehead atoms. The first-order valence-electron chi connectivity index (χ1n) is 4.42. The van der Waals surface area contributed by atoms with Gasteiger partial charge in [-0.15, -0.1) is 0 Å². The van der Waals surface area contributed by atoms with Gasteiger partial charge >= 0.3 is 0 Å². The Bertz CT molecular complexity index is 352. The molecule has 0 radical (unpaired) electrons. The number of hydrogen-bond donors (Lipinski definition) is 1. The number of nitrogens with zero attached hydrogens (tertiary/aromatic N) is 2. The van der Waals surface area contributed by atoms with Gasteiger partial charge in [-0.3, -0.25) is 15.1 Å². The molecule has 14 heavy (non-hydrogen) atoms. The lowest BCUT2D eigenvalue weighted by molar-refractivity contribution is -0.385. The second kappa shape index (κ2) is 4.15. The Kier molecular flexibility index (Phi) is 3.14. The van der Waals surface area contributed by atoms with Crippen molar-refractivity contribution in [2.24, 2.45) is 5.73 Å². The Morgan fingerprint density at radius 1 is 1.71 bits per heavy atom. The van der Waals surface area contributed by atoms with E-state index in [2.05, 4.69) is 4.98 Å². The van der Waals surface area contributed by atoms with Crippen molar-refractivity contribution < 1.29 is 4.92 Å². The fraction of sp³-hybridized carbons (Fsp3) is 0.444. The summed E-state index contributed by atoms with van der Waals surface area (Å²) in [5, 5.41) is 10.5. The van der Waals surface area contributed by atoms with Gasteiger partial charge < -0.3 is 5.73 Å². The van der Waals surface area contributed by atoms with Crippen molar-refractivity contribution in [3.05, 3.63) is 33.6 Å². The Morgan fingerprint density at radius 2 is 2.36 bits per heavy atom. The summed E-state index contributed by atoms with van der Waals surface area (Å²) in [5.41, 5.74) is 7.10. The highest BCUT2D eigenvalue weighted by Crippen LogP contribution is 2.19. The maximum absolute atomic E-state index is 10.5. The minimum atomic E-state index is -0.441. The molecule has 0 fully saturated rings. The van der Waals surface area contributed by atoms with E-state index >= 15 is 0 Å².